The van der Waals surface area contributed by atoms with Gasteiger partial charge in [-0.05, 0) is 55.5 Å². The van der Waals surface area contributed by atoms with E-state index < -0.39 is 0 Å². The zero-order valence-electron chi connectivity index (χ0n) is 18.3. The minimum Gasteiger partial charge on any atom is -0.459 e. The Bertz CT molecular complexity index is 871. The highest BCUT2D eigenvalue weighted by molar-refractivity contribution is 8.00. The summed E-state index contributed by atoms with van der Waals surface area (Å²) in [5, 5.41) is 0. The monoisotopic (exact) mass is 440 g/mol. The van der Waals surface area contributed by atoms with E-state index in [0.29, 0.717) is 18.8 Å². The molecule has 2 amide bonds. The van der Waals surface area contributed by atoms with Crippen LogP contribution >= 0.6 is 11.8 Å². The summed E-state index contributed by atoms with van der Waals surface area (Å²) in [6.07, 6.45) is 9.23. The number of nitrogens with zero attached hydrogens (tertiary/aromatic N) is 2. The molecule has 0 radical (unpaired) electrons. The molecule has 3 heterocycles. The molecule has 2 aliphatic rings. The Kier molecular flexibility index (Phi) is 7.06. The number of rotatable bonds is 7. The van der Waals surface area contributed by atoms with Crippen LogP contribution in [-0.2, 0) is 6.42 Å². The predicted molar refractivity (Wildman–Crippen MR) is 124 cm³/mol. The van der Waals surface area contributed by atoms with Crippen molar-refractivity contribution < 1.29 is 14.0 Å². The van der Waals surface area contributed by atoms with Crippen molar-refractivity contribution in [3.8, 4) is 0 Å². The number of benzene rings is 1. The van der Waals surface area contributed by atoms with Gasteiger partial charge in [-0.2, -0.15) is 0 Å². The van der Waals surface area contributed by atoms with Gasteiger partial charge in [-0.25, -0.2) is 0 Å². The van der Waals surface area contributed by atoms with Crippen LogP contribution in [0.2, 0.25) is 0 Å². The molecular formula is C25H32N2O3S. The number of carbonyl (C=O) groups excluding carboxylic acids is 2. The summed E-state index contributed by atoms with van der Waals surface area (Å²) in [4.78, 5) is 29.6. The van der Waals surface area contributed by atoms with Crippen LogP contribution in [0.4, 0.5) is 0 Å². The molecule has 1 aromatic heterocycles. The smallest absolute Gasteiger partial charge is 0.290 e. The second kappa shape index (κ2) is 9.94. The van der Waals surface area contributed by atoms with Crippen molar-refractivity contribution >= 4 is 23.6 Å². The van der Waals surface area contributed by atoms with Gasteiger partial charge in [0.15, 0.2) is 5.76 Å². The van der Waals surface area contributed by atoms with Crippen molar-refractivity contribution in [3.05, 3.63) is 59.5 Å². The van der Waals surface area contributed by atoms with Gasteiger partial charge in [0.05, 0.1) is 11.1 Å². The second-order valence-electron chi connectivity index (χ2n) is 8.53. The first-order valence-electron chi connectivity index (χ1n) is 11.5. The first-order chi connectivity index (χ1) is 15.1. The van der Waals surface area contributed by atoms with Gasteiger partial charge in [0, 0.05) is 31.0 Å². The van der Waals surface area contributed by atoms with Gasteiger partial charge in [0.1, 0.15) is 0 Å². The Morgan fingerprint density at radius 3 is 2.45 bits per heavy atom. The number of carbonyl (C=O) groups is 2. The van der Waals surface area contributed by atoms with Gasteiger partial charge in [0.2, 0.25) is 0 Å². The maximum absolute atomic E-state index is 13.0. The second-order valence-corrected chi connectivity index (χ2v) is 9.99. The maximum Gasteiger partial charge on any atom is 0.290 e. The van der Waals surface area contributed by atoms with Gasteiger partial charge in [-0.15, -0.1) is 11.8 Å². The molecular weight excluding hydrogens is 408 g/mol. The van der Waals surface area contributed by atoms with E-state index in [1.807, 2.05) is 33.7 Å². The average molecular weight is 441 g/mol. The first kappa shape index (κ1) is 22.0. The lowest BCUT2D eigenvalue weighted by Gasteiger charge is -2.43. The highest BCUT2D eigenvalue weighted by Crippen LogP contribution is 2.44. The standard InChI is InChI=1S/C25H32N2O3S/c1-2-3-4-5-7-20-9-11-21(12-10-20)23(28)26-15-13-25(14-16-26)27(17-19-31-25)24(29)22-8-6-18-30-22/h6,8-12,18H,2-5,7,13-17,19H2,1H3. The SMILES string of the molecule is CCCCCCc1ccc(C(=O)N2CCC3(CC2)SCCN3C(=O)c2ccco2)cc1. The largest absolute Gasteiger partial charge is 0.459 e. The van der Waals surface area contributed by atoms with E-state index >= 15 is 0 Å². The fourth-order valence-electron chi connectivity index (χ4n) is 4.65. The van der Waals surface area contributed by atoms with Crippen LogP contribution in [0.15, 0.2) is 47.1 Å². The first-order valence-corrected chi connectivity index (χ1v) is 12.5. The number of piperidine rings is 1. The predicted octanol–water partition coefficient (Wildman–Crippen LogP) is 5.22. The van der Waals surface area contributed by atoms with Crippen LogP contribution in [0.3, 0.4) is 0 Å². The van der Waals surface area contributed by atoms with Crippen LogP contribution in [0.25, 0.3) is 0 Å². The Morgan fingerprint density at radius 1 is 1.00 bits per heavy atom. The number of aryl methyl sites for hydroxylation is 1. The van der Waals surface area contributed by atoms with E-state index in [0.717, 1.165) is 37.1 Å². The lowest BCUT2D eigenvalue weighted by atomic mass is 10.00. The number of likely N-dealkylation sites (tertiary alicyclic amines) is 1. The molecule has 2 aliphatic heterocycles. The summed E-state index contributed by atoms with van der Waals surface area (Å²) in [7, 11) is 0. The summed E-state index contributed by atoms with van der Waals surface area (Å²) in [5.74, 6) is 1.39. The Morgan fingerprint density at radius 2 is 1.77 bits per heavy atom. The zero-order chi connectivity index (χ0) is 21.7. The molecule has 0 atom stereocenters. The van der Waals surface area contributed by atoms with Crippen LogP contribution in [0, 0.1) is 0 Å². The summed E-state index contributed by atoms with van der Waals surface area (Å²) in [6, 6.07) is 11.6. The molecule has 0 saturated carbocycles. The van der Waals surface area contributed by atoms with E-state index in [-0.39, 0.29) is 16.7 Å². The molecule has 2 aromatic rings. The summed E-state index contributed by atoms with van der Waals surface area (Å²) < 4.78 is 5.34. The van der Waals surface area contributed by atoms with Gasteiger partial charge >= 0.3 is 0 Å². The molecule has 2 fully saturated rings. The van der Waals surface area contributed by atoms with Crippen LogP contribution in [-0.4, -0.2) is 51.9 Å². The molecule has 4 rings (SSSR count). The number of furan rings is 1. The Balaban J connectivity index is 1.34. The summed E-state index contributed by atoms with van der Waals surface area (Å²) >= 11 is 1.85. The van der Waals surface area contributed by atoms with Crippen molar-refractivity contribution in [3.63, 3.8) is 0 Å². The molecule has 0 unspecified atom stereocenters. The van der Waals surface area contributed by atoms with E-state index in [4.69, 9.17) is 4.42 Å². The van der Waals surface area contributed by atoms with Crippen molar-refractivity contribution in [2.75, 3.05) is 25.4 Å². The third kappa shape index (κ3) is 4.84. The van der Waals surface area contributed by atoms with E-state index in [9.17, 15) is 9.59 Å². The van der Waals surface area contributed by atoms with Crippen LogP contribution in [0.1, 0.15) is 71.9 Å². The Hall–Kier alpha value is -2.21. The van der Waals surface area contributed by atoms with E-state index in [2.05, 4.69) is 19.1 Å². The fraction of sp³-hybridized carbons (Fsp3) is 0.520. The molecule has 0 bridgehead atoms. The molecule has 1 spiro atoms. The van der Waals surface area contributed by atoms with Crippen LogP contribution in [0.5, 0.6) is 0 Å². The summed E-state index contributed by atoms with van der Waals surface area (Å²) in [6.45, 7) is 4.31. The van der Waals surface area contributed by atoms with Crippen molar-refractivity contribution in [2.45, 2.75) is 56.7 Å². The van der Waals surface area contributed by atoms with Crippen LogP contribution < -0.4 is 0 Å². The molecule has 1 aromatic carbocycles. The fourth-order valence-corrected chi connectivity index (χ4v) is 6.11. The third-order valence-corrected chi connectivity index (χ3v) is 8.06. The highest BCUT2D eigenvalue weighted by atomic mass is 32.2. The number of hydrogen-bond acceptors (Lipinski definition) is 4. The molecule has 166 valence electrons. The molecule has 5 nitrogen and oxygen atoms in total. The molecule has 0 aliphatic carbocycles. The normalized spacial score (nSPS) is 18.0. The third-order valence-electron chi connectivity index (χ3n) is 6.51. The molecule has 31 heavy (non-hydrogen) atoms. The maximum atomic E-state index is 13.0. The lowest BCUT2D eigenvalue weighted by molar-refractivity contribution is 0.0477. The van der Waals surface area contributed by atoms with E-state index in [1.54, 1.807) is 18.4 Å². The summed E-state index contributed by atoms with van der Waals surface area (Å²) in [5.41, 5.74) is 2.07. The molecule has 0 N–H and O–H groups in total. The van der Waals surface area contributed by atoms with Gasteiger partial charge in [0.25, 0.3) is 11.8 Å². The molecule has 6 heteroatoms. The van der Waals surface area contributed by atoms with Gasteiger partial charge < -0.3 is 14.2 Å². The topological polar surface area (TPSA) is 53.8 Å². The Labute approximate surface area is 189 Å². The van der Waals surface area contributed by atoms with Crippen molar-refractivity contribution in [2.24, 2.45) is 0 Å². The highest BCUT2D eigenvalue weighted by Gasteiger charge is 2.47. The zero-order valence-corrected chi connectivity index (χ0v) is 19.2. The van der Waals surface area contributed by atoms with Crippen molar-refractivity contribution in [1.82, 2.24) is 9.80 Å². The number of thioether (sulfide) groups is 1. The quantitative estimate of drug-likeness (QED) is 0.554. The van der Waals surface area contributed by atoms with Gasteiger partial charge in [-0.1, -0.05) is 38.3 Å². The average Bonchev–Trinajstić information content (AvgIpc) is 3.48. The molecule has 2 saturated heterocycles. The number of hydrogen-bond donors (Lipinski definition) is 0. The minimum absolute atomic E-state index is 0.0377. The van der Waals surface area contributed by atoms with Gasteiger partial charge in [-0.3, -0.25) is 9.59 Å². The van der Waals surface area contributed by atoms with E-state index in [1.165, 1.54) is 31.2 Å². The number of amides is 2. The van der Waals surface area contributed by atoms with Crippen molar-refractivity contribution in [1.29, 1.82) is 0 Å². The number of unbranched alkanes of at least 4 members (excludes halogenated alkanes) is 3. The minimum atomic E-state index is -0.219. The lowest BCUT2D eigenvalue weighted by Crippen LogP contribution is -2.53.